The molecule has 2 heterocycles. The zero-order chi connectivity index (χ0) is 17.1. The van der Waals surface area contributed by atoms with Crippen molar-refractivity contribution in [2.75, 3.05) is 33.8 Å². The SMILES string of the molecule is CN(C)Cc1cnc([C@@H]2CN(C(=O)c3ccccc3F)CCO2)[nH]1. The van der Waals surface area contributed by atoms with E-state index in [1.807, 2.05) is 19.0 Å². The first-order chi connectivity index (χ1) is 11.5. The number of amides is 1. The van der Waals surface area contributed by atoms with Crippen molar-refractivity contribution in [3.05, 3.63) is 53.4 Å². The van der Waals surface area contributed by atoms with E-state index in [4.69, 9.17) is 4.74 Å². The summed E-state index contributed by atoms with van der Waals surface area (Å²) in [4.78, 5) is 23.8. The lowest BCUT2D eigenvalue weighted by Crippen LogP contribution is -2.42. The molecule has 1 aromatic carbocycles. The monoisotopic (exact) mass is 332 g/mol. The first-order valence-corrected chi connectivity index (χ1v) is 7.88. The van der Waals surface area contributed by atoms with Crippen molar-refractivity contribution in [3.8, 4) is 0 Å². The lowest BCUT2D eigenvalue weighted by atomic mass is 10.1. The number of nitrogens with one attached hydrogen (secondary N) is 1. The summed E-state index contributed by atoms with van der Waals surface area (Å²) in [7, 11) is 3.96. The van der Waals surface area contributed by atoms with Crippen molar-refractivity contribution in [2.45, 2.75) is 12.6 Å². The highest BCUT2D eigenvalue weighted by Crippen LogP contribution is 2.22. The molecule has 128 valence electrons. The van der Waals surface area contributed by atoms with Crippen LogP contribution < -0.4 is 0 Å². The van der Waals surface area contributed by atoms with E-state index in [1.54, 1.807) is 23.2 Å². The Labute approximate surface area is 140 Å². The van der Waals surface area contributed by atoms with Gasteiger partial charge in [0.15, 0.2) is 0 Å². The molecule has 0 aliphatic carbocycles. The number of H-pyrrole nitrogens is 1. The molecule has 0 saturated carbocycles. The molecule has 1 fully saturated rings. The van der Waals surface area contributed by atoms with Gasteiger partial charge in [0.2, 0.25) is 0 Å². The number of aromatic amines is 1. The van der Waals surface area contributed by atoms with E-state index in [0.29, 0.717) is 25.5 Å². The number of imidazole rings is 1. The van der Waals surface area contributed by atoms with Crippen molar-refractivity contribution < 1.29 is 13.9 Å². The quantitative estimate of drug-likeness (QED) is 0.928. The number of aromatic nitrogens is 2. The fourth-order valence-corrected chi connectivity index (χ4v) is 2.77. The largest absolute Gasteiger partial charge is 0.367 e. The minimum absolute atomic E-state index is 0.0888. The lowest BCUT2D eigenvalue weighted by molar-refractivity contribution is -0.0266. The molecule has 0 bridgehead atoms. The first-order valence-electron chi connectivity index (χ1n) is 7.88. The molecule has 0 spiro atoms. The van der Waals surface area contributed by atoms with Crippen LogP contribution in [-0.4, -0.2) is 59.5 Å². The molecule has 1 saturated heterocycles. The molecule has 7 heteroatoms. The van der Waals surface area contributed by atoms with Gasteiger partial charge in [0.05, 0.1) is 18.7 Å². The van der Waals surface area contributed by atoms with Gasteiger partial charge in [-0.2, -0.15) is 0 Å². The maximum absolute atomic E-state index is 13.8. The molecule has 1 aromatic heterocycles. The third kappa shape index (κ3) is 3.63. The zero-order valence-corrected chi connectivity index (χ0v) is 13.8. The highest BCUT2D eigenvalue weighted by Gasteiger charge is 2.28. The molecule has 1 aliphatic heterocycles. The maximum Gasteiger partial charge on any atom is 0.257 e. The highest BCUT2D eigenvalue weighted by atomic mass is 19.1. The van der Waals surface area contributed by atoms with Crippen LogP contribution in [0.2, 0.25) is 0 Å². The second kappa shape index (κ2) is 7.11. The molecule has 0 radical (unpaired) electrons. The van der Waals surface area contributed by atoms with Crippen LogP contribution in [0.15, 0.2) is 30.5 Å². The summed E-state index contributed by atoms with van der Waals surface area (Å²) >= 11 is 0. The van der Waals surface area contributed by atoms with Crippen LogP contribution in [0, 0.1) is 5.82 Å². The average Bonchev–Trinajstić information content (AvgIpc) is 3.02. The minimum atomic E-state index is -0.503. The smallest absolute Gasteiger partial charge is 0.257 e. The van der Waals surface area contributed by atoms with Gasteiger partial charge >= 0.3 is 0 Å². The predicted molar refractivity (Wildman–Crippen MR) is 87.0 cm³/mol. The van der Waals surface area contributed by atoms with E-state index in [0.717, 1.165) is 12.2 Å². The van der Waals surface area contributed by atoms with E-state index < -0.39 is 5.82 Å². The van der Waals surface area contributed by atoms with Gasteiger partial charge in [-0.15, -0.1) is 0 Å². The summed E-state index contributed by atoms with van der Waals surface area (Å²) in [5, 5.41) is 0. The van der Waals surface area contributed by atoms with Crippen molar-refractivity contribution in [3.63, 3.8) is 0 Å². The van der Waals surface area contributed by atoms with Crippen molar-refractivity contribution >= 4 is 5.91 Å². The third-order valence-electron chi connectivity index (χ3n) is 3.90. The second-order valence-corrected chi connectivity index (χ2v) is 6.12. The molecule has 6 nitrogen and oxygen atoms in total. The summed E-state index contributed by atoms with van der Waals surface area (Å²) in [5.41, 5.74) is 1.07. The maximum atomic E-state index is 13.8. The zero-order valence-electron chi connectivity index (χ0n) is 13.8. The summed E-state index contributed by atoms with van der Waals surface area (Å²) in [6.45, 7) is 1.93. The fraction of sp³-hybridized carbons (Fsp3) is 0.412. The Morgan fingerprint density at radius 3 is 3.00 bits per heavy atom. The molecule has 24 heavy (non-hydrogen) atoms. The van der Waals surface area contributed by atoms with Crippen molar-refractivity contribution in [1.82, 2.24) is 19.8 Å². The molecule has 1 N–H and O–H groups in total. The Bertz CT molecular complexity index is 716. The number of carbonyl (C=O) groups is 1. The number of carbonyl (C=O) groups excluding carboxylic acids is 1. The van der Waals surface area contributed by atoms with Crippen molar-refractivity contribution in [2.24, 2.45) is 0 Å². The minimum Gasteiger partial charge on any atom is -0.367 e. The molecular formula is C17H21FN4O2. The molecule has 1 aliphatic rings. The molecule has 2 aromatic rings. The van der Waals surface area contributed by atoms with Gasteiger partial charge in [0.25, 0.3) is 5.91 Å². The Balaban J connectivity index is 1.71. The van der Waals surface area contributed by atoms with E-state index in [-0.39, 0.29) is 17.6 Å². The standard InChI is InChI=1S/C17H21FN4O2/c1-21(2)10-12-9-19-16(20-12)15-11-22(7-8-24-15)17(23)13-5-3-4-6-14(13)18/h3-6,9,15H,7-8,10-11H2,1-2H3,(H,19,20)/t15-/m0/s1. The van der Waals surface area contributed by atoms with E-state index >= 15 is 0 Å². The normalized spacial score (nSPS) is 18.2. The number of hydrogen-bond donors (Lipinski definition) is 1. The summed E-state index contributed by atoms with van der Waals surface area (Å²) in [6, 6.07) is 6.03. The Hall–Kier alpha value is -2.25. The summed E-state index contributed by atoms with van der Waals surface area (Å²) in [6.07, 6.45) is 1.45. The van der Waals surface area contributed by atoms with E-state index in [9.17, 15) is 9.18 Å². The van der Waals surface area contributed by atoms with Gasteiger partial charge < -0.3 is 19.5 Å². The van der Waals surface area contributed by atoms with Crippen LogP contribution in [0.1, 0.15) is 28.0 Å². The van der Waals surface area contributed by atoms with Crippen molar-refractivity contribution in [1.29, 1.82) is 0 Å². The molecule has 1 amide bonds. The Morgan fingerprint density at radius 1 is 1.46 bits per heavy atom. The van der Waals surface area contributed by atoms with E-state index in [1.165, 1.54) is 12.1 Å². The summed E-state index contributed by atoms with van der Waals surface area (Å²) in [5.74, 6) is -0.129. The summed E-state index contributed by atoms with van der Waals surface area (Å²) < 4.78 is 19.6. The van der Waals surface area contributed by atoms with Gasteiger partial charge in [0, 0.05) is 25.0 Å². The number of morpholine rings is 1. The van der Waals surface area contributed by atoms with Gasteiger partial charge in [-0.3, -0.25) is 4.79 Å². The van der Waals surface area contributed by atoms with Crippen LogP contribution in [0.4, 0.5) is 4.39 Å². The topological polar surface area (TPSA) is 61.5 Å². The highest BCUT2D eigenvalue weighted by molar-refractivity contribution is 5.94. The number of ether oxygens (including phenoxy) is 1. The van der Waals surface area contributed by atoms with Crippen LogP contribution in [0.3, 0.4) is 0 Å². The predicted octanol–water partition coefficient (Wildman–Crippen LogP) is 1.82. The lowest BCUT2D eigenvalue weighted by Gasteiger charge is -2.32. The van der Waals surface area contributed by atoms with Gasteiger partial charge in [-0.1, -0.05) is 12.1 Å². The second-order valence-electron chi connectivity index (χ2n) is 6.12. The number of rotatable bonds is 4. The average molecular weight is 332 g/mol. The number of halogens is 1. The molecule has 3 rings (SSSR count). The fourth-order valence-electron chi connectivity index (χ4n) is 2.77. The van der Waals surface area contributed by atoms with Crippen LogP contribution in [0.5, 0.6) is 0 Å². The number of hydrogen-bond acceptors (Lipinski definition) is 4. The Morgan fingerprint density at radius 2 is 2.25 bits per heavy atom. The van der Waals surface area contributed by atoms with Crippen LogP contribution in [0.25, 0.3) is 0 Å². The Kier molecular flexibility index (Phi) is 4.92. The molecule has 1 atom stereocenters. The number of benzene rings is 1. The first kappa shape index (κ1) is 16.6. The molecule has 0 unspecified atom stereocenters. The van der Waals surface area contributed by atoms with Gasteiger partial charge in [0.1, 0.15) is 17.7 Å². The molecular weight excluding hydrogens is 311 g/mol. The number of nitrogens with zero attached hydrogens (tertiary/aromatic N) is 3. The van der Waals surface area contributed by atoms with Crippen LogP contribution >= 0.6 is 0 Å². The van der Waals surface area contributed by atoms with Gasteiger partial charge in [-0.05, 0) is 26.2 Å². The third-order valence-corrected chi connectivity index (χ3v) is 3.90. The van der Waals surface area contributed by atoms with Gasteiger partial charge in [-0.25, -0.2) is 9.37 Å². The van der Waals surface area contributed by atoms with E-state index in [2.05, 4.69) is 9.97 Å². The van der Waals surface area contributed by atoms with Crippen LogP contribution in [-0.2, 0) is 11.3 Å².